The number of nitrogens with one attached hydrogen (secondary N) is 2. The van der Waals surface area contributed by atoms with Crippen LogP contribution >= 0.6 is 0 Å². The number of amides is 2. The van der Waals surface area contributed by atoms with Crippen molar-refractivity contribution < 1.29 is 9.59 Å². The molecule has 1 saturated heterocycles. The highest BCUT2D eigenvalue weighted by Crippen LogP contribution is 2.35. The molecule has 2 N–H and O–H groups in total. The van der Waals surface area contributed by atoms with Gasteiger partial charge in [-0.2, -0.15) is 9.67 Å². The van der Waals surface area contributed by atoms with Crippen LogP contribution in [0.25, 0.3) is 5.69 Å². The lowest BCUT2D eigenvalue weighted by molar-refractivity contribution is -0.134. The second kappa shape index (κ2) is 6.86. The van der Waals surface area contributed by atoms with Gasteiger partial charge in [0, 0.05) is 24.9 Å². The Morgan fingerprint density at radius 2 is 2.04 bits per heavy atom. The van der Waals surface area contributed by atoms with Crippen LogP contribution in [0.5, 0.6) is 0 Å². The summed E-state index contributed by atoms with van der Waals surface area (Å²) >= 11 is 0. The lowest BCUT2D eigenvalue weighted by atomic mass is 9.72. The van der Waals surface area contributed by atoms with E-state index in [4.69, 9.17) is 0 Å². The van der Waals surface area contributed by atoms with Gasteiger partial charge in [0.05, 0.1) is 11.6 Å². The largest absolute Gasteiger partial charge is 0.353 e. The summed E-state index contributed by atoms with van der Waals surface area (Å²) in [5.74, 6) is 0.613. The predicted molar refractivity (Wildman–Crippen MR) is 94.5 cm³/mol. The summed E-state index contributed by atoms with van der Waals surface area (Å²) < 4.78 is 1.59. The molecule has 2 fully saturated rings. The Kier molecular flexibility index (Phi) is 4.40. The SMILES string of the molecule is Cc1nc(NC(=O)C2CC(=O)NC3CCCCC32)n(-c2ccncc2)n1. The maximum atomic E-state index is 13.0. The Bertz CT molecular complexity index is 818. The smallest absolute Gasteiger partial charge is 0.233 e. The van der Waals surface area contributed by atoms with Crippen LogP contribution in [0.2, 0.25) is 0 Å². The Balaban J connectivity index is 1.57. The number of rotatable bonds is 3. The lowest BCUT2D eigenvalue weighted by Gasteiger charge is -2.40. The van der Waals surface area contributed by atoms with E-state index in [1.807, 2.05) is 0 Å². The average Bonchev–Trinajstić information content (AvgIpc) is 3.01. The number of hydrogen-bond donors (Lipinski definition) is 2. The molecule has 0 bridgehead atoms. The highest BCUT2D eigenvalue weighted by molar-refractivity contribution is 5.95. The van der Waals surface area contributed by atoms with Crippen molar-refractivity contribution in [1.29, 1.82) is 0 Å². The molecule has 2 aromatic heterocycles. The summed E-state index contributed by atoms with van der Waals surface area (Å²) in [5.41, 5.74) is 0.771. The number of aromatic nitrogens is 4. The van der Waals surface area contributed by atoms with Crippen LogP contribution in [-0.4, -0.2) is 37.6 Å². The number of carbonyl (C=O) groups excluding carboxylic acids is 2. The average molecular weight is 354 g/mol. The molecule has 3 unspecified atom stereocenters. The number of piperidine rings is 1. The molecule has 26 heavy (non-hydrogen) atoms. The van der Waals surface area contributed by atoms with E-state index in [9.17, 15) is 9.59 Å². The Morgan fingerprint density at radius 3 is 2.85 bits per heavy atom. The van der Waals surface area contributed by atoms with E-state index in [1.54, 1.807) is 36.1 Å². The maximum Gasteiger partial charge on any atom is 0.233 e. The van der Waals surface area contributed by atoms with Crippen LogP contribution < -0.4 is 10.6 Å². The molecule has 0 spiro atoms. The zero-order chi connectivity index (χ0) is 18.1. The monoisotopic (exact) mass is 354 g/mol. The van der Waals surface area contributed by atoms with Crippen molar-refractivity contribution in [3.05, 3.63) is 30.4 Å². The van der Waals surface area contributed by atoms with Gasteiger partial charge in [0.25, 0.3) is 0 Å². The molecule has 2 amide bonds. The fourth-order valence-corrected chi connectivity index (χ4v) is 4.09. The molecule has 136 valence electrons. The van der Waals surface area contributed by atoms with Gasteiger partial charge in [0.15, 0.2) is 0 Å². The fourth-order valence-electron chi connectivity index (χ4n) is 4.09. The Labute approximate surface area is 151 Å². The summed E-state index contributed by atoms with van der Waals surface area (Å²) in [4.78, 5) is 33.4. The summed E-state index contributed by atoms with van der Waals surface area (Å²) in [7, 11) is 0. The van der Waals surface area contributed by atoms with Crippen molar-refractivity contribution in [3.63, 3.8) is 0 Å². The second-order valence-corrected chi connectivity index (χ2v) is 7.02. The van der Waals surface area contributed by atoms with E-state index in [0.717, 1.165) is 31.4 Å². The summed E-state index contributed by atoms with van der Waals surface area (Å²) in [6.07, 6.45) is 7.69. The van der Waals surface area contributed by atoms with E-state index >= 15 is 0 Å². The molecule has 8 nitrogen and oxygen atoms in total. The van der Waals surface area contributed by atoms with Crippen LogP contribution in [0.1, 0.15) is 37.9 Å². The van der Waals surface area contributed by atoms with E-state index in [-0.39, 0.29) is 36.1 Å². The van der Waals surface area contributed by atoms with E-state index in [2.05, 4.69) is 25.7 Å². The third-order valence-corrected chi connectivity index (χ3v) is 5.28. The molecule has 1 saturated carbocycles. The van der Waals surface area contributed by atoms with Gasteiger partial charge in [-0.15, -0.1) is 5.10 Å². The van der Waals surface area contributed by atoms with Crippen molar-refractivity contribution in [3.8, 4) is 5.69 Å². The molecule has 0 aromatic carbocycles. The molecule has 1 aliphatic heterocycles. The van der Waals surface area contributed by atoms with Gasteiger partial charge in [0.2, 0.25) is 17.8 Å². The van der Waals surface area contributed by atoms with Crippen molar-refractivity contribution in [2.75, 3.05) is 5.32 Å². The Hall–Kier alpha value is -2.77. The van der Waals surface area contributed by atoms with Crippen LogP contribution in [0, 0.1) is 18.8 Å². The van der Waals surface area contributed by atoms with E-state index < -0.39 is 0 Å². The minimum absolute atomic E-state index is 0.0416. The molecule has 4 rings (SSSR count). The Morgan fingerprint density at radius 1 is 1.27 bits per heavy atom. The summed E-state index contributed by atoms with van der Waals surface area (Å²) in [5, 5.41) is 10.3. The molecule has 1 aliphatic carbocycles. The van der Waals surface area contributed by atoms with Gasteiger partial charge < -0.3 is 5.32 Å². The second-order valence-electron chi connectivity index (χ2n) is 7.02. The van der Waals surface area contributed by atoms with Gasteiger partial charge in [-0.1, -0.05) is 12.8 Å². The van der Waals surface area contributed by atoms with E-state index in [0.29, 0.717) is 11.8 Å². The third kappa shape index (κ3) is 3.18. The number of aryl methyl sites for hydroxylation is 1. The molecule has 0 radical (unpaired) electrons. The minimum atomic E-state index is -0.322. The molecule has 3 heterocycles. The highest BCUT2D eigenvalue weighted by Gasteiger charge is 2.41. The molecule has 2 aliphatic rings. The molecular weight excluding hydrogens is 332 g/mol. The van der Waals surface area contributed by atoms with Gasteiger partial charge >= 0.3 is 0 Å². The standard InChI is InChI=1S/C18H22N6O2/c1-11-20-18(24(23-11)12-6-8-19-9-7-12)22-17(26)14-10-16(25)21-15-5-3-2-4-13(14)15/h6-9,13-15H,2-5,10H2,1H3,(H,21,25)(H,20,22,23,26). The fraction of sp³-hybridized carbons (Fsp3) is 0.500. The molecular formula is C18H22N6O2. The van der Waals surface area contributed by atoms with Crippen molar-refractivity contribution in [1.82, 2.24) is 25.1 Å². The topological polar surface area (TPSA) is 102 Å². The quantitative estimate of drug-likeness (QED) is 0.872. The zero-order valence-electron chi connectivity index (χ0n) is 14.7. The van der Waals surface area contributed by atoms with Gasteiger partial charge in [-0.3, -0.25) is 19.9 Å². The van der Waals surface area contributed by atoms with Crippen LogP contribution in [0.3, 0.4) is 0 Å². The van der Waals surface area contributed by atoms with Crippen molar-refractivity contribution >= 4 is 17.8 Å². The number of hydrogen-bond acceptors (Lipinski definition) is 5. The van der Waals surface area contributed by atoms with E-state index in [1.165, 1.54) is 0 Å². The van der Waals surface area contributed by atoms with Crippen LogP contribution in [-0.2, 0) is 9.59 Å². The zero-order valence-corrected chi connectivity index (χ0v) is 14.7. The summed E-state index contributed by atoms with van der Waals surface area (Å²) in [6, 6.07) is 3.71. The number of anilines is 1. The highest BCUT2D eigenvalue weighted by atomic mass is 16.2. The first-order valence-corrected chi connectivity index (χ1v) is 9.06. The lowest BCUT2D eigenvalue weighted by Crippen LogP contribution is -2.53. The van der Waals surface area contributed by atoms with Crippen LogP contribution in [0.15, 0.2) is 24.5 Å². The first-order valence-electron chi connectivity index (χ1n) is 9.06. The van der Waals surface area contributed by atoms with Crippen molar-refractivity contribution in [2.24, 2.45) is 11.8 Å². The number of pyridine rings is 1. The number of carbonyl (C=O) groups is 2. The molecule has 8 heteroatoms. The molecule has 3 atom stereocenters. The number of fused-ring (bicyclic) bond motifs is 1. The number of nitrogens with zero attached hydrogens (tertiary/aromatic N) is 4. The van der Waals surface area contributed by atoms with Gasteiger partial charge in [-0.05, 0) is 37.8 Å². The third-order valence-electron chi connectivity index (χ3n) is 5.28. The van der Waals surface area contributed by atoms with Gasteiger partial charge in [-0.25, -0.2) is 0 Å². The summed E-state index contributed by atoms with van der Waals surface area (Å²) in [6.45, 7) is 1.78. The first-order chi connectivity index (χ1) is 12.6. The van der Waals surface area contributed by atoms with Crippen LogP contribution in [0.4, 0.5) is 5.95 Å². The molecule has 2 aromatic rings. The van der Waals surface area contributed by atoms with Gasteiger partial charge in [0.1, 0.15) is 5.82 Å². The maximum absolute atomic E-state index is 13.0. The predicted octanol–water partition coefficient (Wildman–Crippen LogP) is 1.60. The normalized spacial score (nSPS) is 25.3. The minimum Gasteiger partial charge on any atom is -0.353 e. The first kappa shape index (κ1) is 16.7. The van der Waals surface area contributed by atoms with Crippen molar-refractivity contribution in [2.45, 2.75) is 45.1 Å².